The Morgan fingerprint density at radius 2 is 1.95 bits per heavy atom. The van der Waals surface area contributed by atoms with Gasteiger partial charge in [-0.2, -0.15) is 0 Å². The molecule has 5 heteroatoms. The van der Waals surface area contributed by atoms with E-state index in [4.69, 9.17) is 27.9 Å². The Labute approximate surface area is 137 Å². The lowest BCUT2D eigenvalue weighted by molar-refractivity contribution is -0.969. The largest absolute Gasteiger partial charge is 0.366 e. The second kappa shape index (κ2) is 6.05. The van der Waals surface area contributed by atoms with Crippen LogP contribution in [0.2, 0.25) is 0 Å². The molecule has 0 N–H and O–H groups in total. The Kier molecular flexibility index (Phi) is 4.49. The maximum atomic E-state index is 7.07. The van der Waals surface area contributed by atoms with Gasteiger partial charge >= 0.3 is 0 Å². The summed E-state index contributed by atoms with van der Waals surface area (Å²) in [4.78, 5) is 1.99. The van der Waals surface area contributed by atoms with Crippen LogP contribution in [0.3, 0.4) is 0 Å². The minimum Gasteiger partial charge on any atom is -0.366 e. The number of piperazine rings is 3. The summed E-state index contributed by atoms with van der Waals surface area (Å²) in [5.74, 6) is 0. The zero-order valence-corrected chi connectivity index (χ0v) is 14.0. The predicted molar refractivity (Wildman–Crippen MR) is 86.4 cm³/mol. The van der Waals surface area contributed by atoms with Crippen molar-refractivity contribution >= 4 is 23.2 Å². The van der Waals surface area contributed by atoms with Crippen LogP contribution in [0.5, 0.6) is 0 Å². The van der Waals surface area contributed by atoms with Crippen molar-refractivity contribution in [1.29, 1.82) is 0 Å². The summed E-state index contributed by atoms with van der Waals surface area (Å²) in [6.45, 7) is 7.76. The average Bonchev–Trinajstić information content (AvgIpc) is 2.54. The summed E-state index contributed by atoms with van der Waals surface area (Å²) in [6, 6.07) is 10.8. The molecule has 116 valence electrons. The molecule has 3 aliphatic rings. The summed E-state index contributed by atoms with van der Waals surface area (Å²) in [5, 5.41) is 0. The van der Waals surface area contributed by atoms with Crippen LogP contribution in [0.15, 0.2) is 30.3 Å². The smallest absolute Gasteiger partial charge is 0.214 e. The van der Waals surface area contributed by atoms with Gasteiger partial charge < -0.3 is 4.74 Å². The minimum absolute atomic E-state index is 0.0405. The van der Waals surface area contributed by atoms with E-state index in [0.717, 1.165) is 37.2 Å². The van der Waals surface area contributed by atoms with Crippen LogP contribution in [-0.2, 0) is 11.3 Å². The lowest BCUT2D eigenvalue weighted by Gasteiger charge is -2.60. The molecule has 0 spiro atoms. The zero-order chi connectivity index (χ0) is 14.9. The quantitative estimate of drug-likeness (QED) is 0.468. The van der Waals surface area contributed by atoms with Gasteiger partial charge in [0.1, 0.15) is 6.10 Å². The first-order valence-corrected chi connectivity index (χ1v) is 8.50. The monoisotopic (exact) mass is 329 g/mol. The van der Waals surface area contributed by atoms with E-state index in [0.29, 0.717) is 12.6 Å². The van der Waals surface area contributed by atoms with Crippen molar-refractivity contribution in [3.63, 3.8) is 0 Å². The van der Waals surface area contributed by atoms with Gasteiger partial charge in [0, 0.05) is 13.1 Å². The molecule has 4 rings (SSSR count). The summed E-state index contributed by atoms with van der Waals surface area (Å²) >= 11 is 13.4. The van der Waals surface area contributed by atoms with Gasteiger partial charge in [-0.15, -0.1) is 0 Å². The molecule has 3 heterocycles. The molecule has 2 bridgehead atoms. The van der Waals surface area contributed by atoms with Gasteiger partial charge in [-0.3, -0.25) is 9.38 Å². The van der Waals surface area contributed by atoms with Crippen molar-refractivity contribution in [2.45, 2.75) is 24.6 Å². The number of fused-ring (bicyclic) bond motifs is 3. The van der Waals surface area contributed by atoms with Gasteiger partial charge in [-0.25, -0.2) is 0 Å². The van der Waals surface area contributed by atoms with E-state index in [1.807, 2.05) is 18.2 Å². The first-order chi connectivity index (χ1) is 10.1. The molecule has 1 aromatic carbocycles. The van der Waals surface area contributed by atoms with E-state index >= 15 is 0 Å². The molecule has 3 saturated heterocycles. The normalized spacial score (nSPS) is 36.6. The first-order valence-electron chi connectivity index (χ1n) is 7.59. The van der Waals surface area contributed by atoms with Gasteiger partial charge in [-0.1, -0.05) is 53.5 Å². The summed E-state index contributed by atoms with van der Waals surface area (Å²) in [7, 11) is 0. The standard InChI is InChI=1S/C16H23Cl2N2O/c1-14(21-11-15-5-3-2-4-6-15)16(18)12-19-7-9-20(16,13-17)10-8-19/h2-6,14H,7-13H2,1H3/q+1/t14-,16-/m1/s1. The van der Waals surface area contributed by atoms with Gasteiger partial charge in [-0.05, 0) is 12.5 Å². The SMILES string of the molecule is C[C@@H](OCc1ccccc1)[C@@]1(Cl)CN2CC[N+]1(CCl)CC2. The van der Waals surface area contributed by atoms with Crippen LogP contribution in [-0.4, -0.2) is 59.2 Å². The Bertz CT molecular complexity index is 476. The van der Waals surface area contributed by atoms with E-state index in [1.165, 1.54) is 5.56 Å². The predicted octanol–water partition coefficient (Wildman–Crippen LogP) is 2.87. The van der Waals surface area contributed by atoms with Crippen molar-refractivity contribution < 1.29 is 9.22 Å². The van der Waals surface area contributed by atoms with Crippen LogP contribution < -0.4 is 0 Å². The number of nitrogens with zero attached hydrogens (tertiary/aromatic N) is 2. The fourth-order valence-corrected chi connectivity index (χ4v) is 4.51. The minimum atomic E-state index is -0.437. The molecule has 3 aliphatic heterocycles. The van der Waals surface area contributed by atoms with Crippen molar-refractivity contribution in [1.82, 2.24) is 4.90 Å². The van der Waals surface area contributed by atoms with Crippen molar-refractivity contribution in [2.24, 2.45) is 0 Å². The molecule has 21 heavy (non-hydrogen) atoms. The van der Waals surface area contributed by atoms with Gasteiger partial charge in [0.25, 0.3) is 0 Å². The lowest BCUT2D eigenvalue weighted by atomic mass is 9.98. The van der Waals surface area contributed by atoms with Crippen molar-refractivity contribution in [3.8, 4) is 0 Å². The highest BCUT2D eigenvalue weighted by molar-refractivity contribution is 6.24. The Hall–Kier alpha value is -0.320. The number of alkyl halides is 2. The maximum absolute atomic E-state index is 7.07. The highest BCUT2D eigenvalue weighted by atomic mass is 35.5. The Morgan fingerprint density at radius 1 is 1.29 bits per heavy atom. The van der Waals surface area contributed by atoms with E-state index in [1.54, 1.807) is 0 Å². The van der Waals surface area contributed by atoms with Crippen LogP contribution in [0.25, 0.3) is 0 Å². The maximum Gasteiger partial charge on any atom is 0.214 e. The molecule has 3 nitrogen and oxygen atoms in total. The number of rotatable bonds is 5. The van der Waals surface area contributed by atoms with E-state index in [2.05, 4.69) is 24.0 Å². The Morgan fingerprint density at radius 3 is 2.57 bits per heavy atom. The third kappa shape index (κ3) is 2.71. The number of ether oxygens (including phenoxy) is 1. The molecule has 0 radical (unpaired) electrons. The molecule has 0 aromatic heterocycles. The van der Waals surface area contributed by atoms with Crippen molar-refractivity contribution in [3.05, 3.63) is 35.9 Å². The lowest BCUT2D eigenvalue weighted by Crippen LogP contribution is -2.79. The number of benzene rings is 1. The van der Waals surface area contributed by atoms with E-state index in [-0.39, 0.29) is 6.10 Å². The second-order valence-electron chi connectivity index (χ2n) is 6.25. The molecule has 0 saturated carbocycles. The number of quaternary nitrogens is 1. The Balaban J connectivity index is 1.72. The van der Waals surface area contributed by atoms with E-state index < -0.39 is 5.00 Å². The van der Waals surface area contributed by atoms with Crippen LogP contribution in [0, 0.1) is 0 Å². The van der Waals surface area contributed by atoms with Crippen molar-refractivity contribution in [2.75, 3.05) is 38.7 Å². The fraction of sp³-hybridized carbons (Fsp3) is 0.625. The first kappa shape index (κ1) is 15.6. The zero-order valence-electron chi connectivity index (χ0n) is 12.5. The molecule has 0 aliphatic carbocycles. The summed E-state index contributed by atoms with van der Waals surface area (Å²) in [5.41, 5.74) is 1.18. The average molecular weight is 330 g/mol. The highest BCUT2D eigenvalue weighted by Gasteiger charge is 2.60. The second-order valence-corrected chi connectivity index (χ2v) is 7.14. The van der Waals surface area contributed by atoms with Crippen LogP contribution in [0.1, 0.15) is 12.5 Å². The third-order valence-corrected chi connectivity index (χ3v) is 6.36. The van der Waals surface area contributed by atoms with Gasteiger partial charge in [0.05, 0.1) is 26.2 Å². The number of hydrogen-bond donors (Lipinski definition) is 0. The molecular weight excluding hydrogens is 307 g/mol. The summed E-state index contributed by atoms with van der Waals surface area (Å²) < 4.78 is 6.88. The topological polar surface area (TPSA) is 12.5 Å². The molecule has 0 unspecified atom stereocenters. The van der Waals surface area contributed by atoms with Gasteiger partial charge in [0.2, 0.25) is 5.00 Å². The molecule has 0 amide bonds. The van der Waals surface area contributed by atoms with Gasteiger partial charge in [0.15, 0.2) is 6.00 Å². The summed E-state index contributed by atoms with van der Waals surface area (Å²) in [6.07, 6.45) is -0.0405. The van der Waals surface area contributed by atoms with Crippen LogP contribution in [0.4, 0.5) is 0 Å². The third-order valence-electron chi connectivity index (χ3n) is 5.12. The molecule has 1 aromatic rings. The number of halogens is 2. The van der Waals surface area contributed by atoms with E-state index in [9.17, 15) is 0 Å². The highest BCUT2D eigenvalue weighted by Crippen LogP contribution is 2.42. The van der Waals surface area contributed by atoms with Crippen LogP contribution >= 0.6 is 23.2 Å². The molecule has 3 fully saturated rings. The molecular formula is C16H23Cl2N2O+. The fourth-order valence-electron chi connectivity index (χ4n) is 3.54. The number of hydrogen-bond acceptors (Lipinski definition) is 2. The molecule has 2 atom stereocenters.